The third-order valence-electron chi connectivity index (χ3n) is 2.67. The van der Waals surface area contributed by atoms with E-state index in [1.54, 1.807) is 0 Å². The van der Waals surface area contributed by atoms with E-state index in [2.05, 4.69) is 14.9 Å². The quantitative estimate of drug-likeness (QED) is 0.852. The minimum absolute atomic E-state index is 0.0158. The summed E-state index contributed by atoms with van der Waals surface area (Å²) in [6.07, 6.45) is 3.96. The first kappa shape index (κ1) is 11.2. The monoisotopic (exact) mass is 239 g/mol. The second-order valence-electron chi connectivity index (χ2n) is 3.69. The minimum Gasteiger partial charge on any atom is -0.476 e. The zero-order chi connectivity index (χ0) is 11.5. The number of carboxylic acids is 1. The van der Waals surface area contributed by atoms with Gasteiger partial charge in [-0.05, 0) is 12.2 Å². The maximum absolute atomic E-state index is 10.6. The Morgan fingerprint density at radius 2 is 2.38 bits per heavy atom. The molecule has 0 aliphatic carbocycles. The van der Waals surface area contributed by atoms with Gasteiger partial charge >= 0.3 is 5.97 Å². The molecule has 1 aliphatic heterocycles. The molecular weight excluding hydrogens is 226 g/mol. The van der Waals surface area contributed by atoms with Crippen LogP contribution in [0.4, 0.5) is 5.82 Å². The van der Waals surface area contributed by atoms with E-state index in [4.69, 9.17) is 5.11 Å². The van der Waals surface area contributed by atoms with Crippen LogP contribution in [0.3, 0.4) is 0 Å². The van der Waals surface area contributed by atoms with Crippen LogP contribution in [0.5, 0.6) is 0 Å². The van der Waals surface area contributed by atoms with E-state index >= 15 is 0 Å². The van der Waals surface area contributed by atoms with Crippen LogP contribution < -0.4 is 4.90 Å². The van der Waals surface area contributed by atoms with Gasteiger partial charge in [-0.3, -0.25) is 0 Å². The van der Waals surface area contributed by atoms with Gasteiger partial charge in [-0.2, -0.15) is 11.8 Å². The molecule has 86 valence electrons. The van der Waals surface area contributed by atoms with Crippen molar-refractivity contribution in [3.05, 3.63) is 18.1 Å². The van der Waals surface area contributed by atoms with Crippen LogP contribution in [-0.2, 0) is 0 Å². The van der Waals surface area contributed by atoms with Crippen molar-refractivity contribution in [1.82, 2.24) is 9.97 Å². The second-order valence-corrected chi connectivity index (χ2v) is 4.84. The maximum atomic E-state index is 10.6. The Hall–Kier alpha value is -1.30. The number of aromatic carboxylic acids is 1. The van der Waals surface area contributed by atoms with E-state index in [0.29, 0.717) is 6.04 Å². The number of carboxylic acid groups (broad SMARTS) is 1. The summed E-state index contributed by atoms with van der Waals surface area (Å²) in [6.45, 7) is 0. The number of carbonyl (C=O) groups is 1. The Balaban J connectivity index is 2.11. The molecule has 0 radical (unpaired) electrons. The van der Waals surface area contributed by atoms with Gasteiger partial charge in [0.2, 0.25) is 0 Å². The Kier molecular flexibility index (Phi) is 3.28. The largest absolute Gasteiger partial charge is 0.476 e. The first-order chi connectivity index (χ1) is 7.68. The predicted molar refractivity (Wildman–Crippen MR) is 63.1 cm³/mol. The van der Waals surface area contributed by atoms with Crippen LogP contribution in [0.25, 0.3) is 0 Å². The molecule has 5 nitrogen and oxygen atoms in total. The molecule has 1 fully saturated rings. The summed E-state index contributed by atoms with van der Waals surface area (Å²) in [4.78, 5) is 20.7. The molecule has 6 heteroatoms. The molecule has 1 aliphatic rings. The minimum atomic E-state index is -1.04. The van der Waals surface area contributed by atoms with Crippen molar-refractivity contribution in [3.8, 4) is 0 Å². The fourth-order valence-electron chi connectivity index (χ4n) is 1.63. The third-order valence-corrected chi connectivity index (χ3v) is 3.82. The van der Waals surface area contributed by atoms with Crippen LogP contribution >= 0.6 is 11.8 Å². The molecule has 0 saturated carbocycles. The Morgan fingerprint density at radius 3 is 2.88 bits per heavy atom. The molecule has 16 heavy (non-hydrogen) atoms. The lowest BCUT2D eigenvalue weighted by Crippen LogP contribution is -2.32. The van der Waals surface area contributed by atoms with Crippen molar-refractivity contribution in [3.63, 3.8) is 0 Å². The van der Waals surface area contributed by atoms with Gasteiger partial charge in [0.25, 0.3) is 0 Å². The van der Waals surface area contributed by atoms with Crippen molar-refractivity contribution in [2.75, 3.05) is 23.5 Å². The first-order valence-corrected chi connectivity index (χ1v) is 6.20. The van der Waals surface area contributed by atoms with Crippen molar-refractivity contribution >= 4 is 23.5 Å². The molecule has 1 aromatic rings. The summed E-state index contributed by atoms with van der Waals surface area (Å²) in [6, 6.07) is 0.481. The van der Waals surface area contributed by atoms with Crippen LogP contribution in [0.2, 0.25) is 0 Å². The van der Waals surface area contributed by atoms with E-state index in [0.717, 1.165) is 18.0 Å². The smallest absolute Gasteiger partial charge is 0.356 e. The number of aromatic nitrogens is 2. The molecule has 1 saturated heterocycles. The van der Waals surface area contributed by atoms with Gasteiger partial charge in [-0.1, -0.05) is 0 Å². The third kappa shape index (κ3) is 2.27. The summed E-state index contributed by atoms with van der Waals surface area (Å²) in [5, 5.41) is 8.71. The molecule has 1 aromatic heterocycles. The fourth-order valence-corrected chi connectivity index (χ4v) is 2.90. The summed E-state index contributed by atoms with van der Waals surface area (Å²) in [5.41, 5.74) is -0.0158. The molecule has 0 spiro atoms. The van der Waals surface area contributed by atoms with E-state index in [-0.39, 0.29) is 5.69 Å². The maximum Gasteiger partial charge on any atom is 0.356 e. The fraction of sp³-hybridized carbons (Fsp3) is 0.500. The van der Waals surface area contributed by atoms with Gasteiger partial charge in [0, 0.05) is 18.8 Å². The summed E-state index contributed by atoms with van der Waals surface area (Å²) < 4.78 is 0. The Morgan fingerprint density at radius 1 is 1.56 bits per heavy atom. The van der Waals surface area contributed by atoms with Crippen molar-refractivity contribution < 1.29 is 9.90 Å². The average molecular weight is 239 g/mol. The molecule has 0 bridgehead atoms. The van der Waals surface area contributed by atoms with Gasteiger partial charge in [0.05, 0.1) is 12.4 Å². The topological polar surface area (TPSA) is 66.3 Å². The molecule has 0 amide bonds. The molecule has 1 atom stereocenters. The number of anilines is 1. The Labute approximate surface area is 97.9 Å². The van der Waals surface area contributed by atoms with Gasteiger partial charge in [0.1, 0.15) is 5.82 Å². The zero-order valence-corrected chi connectivity index (χ0v) is 9.78. The van der Waals surface area contributed by atoms with Gasteiger partial charge in [-0.15, -0.1) is 0 Å². The average Bonchev–Trinajstić information content (AvgIpc) is 2.81. The lowest BCUT2D eigenvalue weighted by atomic mass is 10.2. The first-order valence-electron chi connectivity index (χ1n) is 5.04. The lowest BCUT2D eigenvalue weighted by Gasteiger charge is -2.24. The summed E-state index contributed by atoms with van der Waals surface area (Å²) >= 11 is 1.93. The van der Waals surface area contributed by atoms with E-state index < -0.39 is 5.97 Å². The van der Waals surface area contributed by atoms with Crippen molar-refractivity contribution in [1.29, 1.82) is 0 Å². The Bertz CT molecular complexity index is 376. The summed E-state index contributed by atoms with van der Waals surface area (Å²) in [5.74, 6) is 1.96. The highest BCUT2D eigenvalue weighted by Crippen LogP contribution is 2.24. The summed E-state index contributed by atoms with van der Waals surface area (Å²) in [7, 11) is 1.97. The molecule has 1 N–H and O–H groups in total. The molecule has 0 aromatic carbocycles. The number of hydrogen-bond donors (Lipinski definition) is 1. The SMILES string of the molecule is CN(c1cnc(C(=O)O)cn1)C1CCSC1. The van der Waals surface area contributed by atoms with Gasteiger partial charge in [0.15, 0.2) is 5.69 Å². The van der Waals surface area contributed by atoms with Gasteiger partial charge in [-0.25, -0.2) is 14.8 Å². The number of nitrogens with zero attached hydrogens (tertiary/aromatic N) is 3. The highest BCUT2D eigenvalue weighted by Gasteiger charge is 2.21. The molecule has 1 unspecified atom stereocenters. The van der Waals surface area contributed by atoms with Crippen molar-refractivity contribution in [2.24, 2.45) is 0 Å². The second kappa shape index (κ2) is 4.69. The van der Waals surface area contributed by atoms with Crippen molar-refractivity contribution in [2.45, 2.75) is 12.5 Å². The van der Waals surface area contributed by atoms with E-state index in [1.807, 2.05) is 18.8 Å². The molecule has 2 rings (SSSR count). The predicted octanol–water partition coefficient (Wildman–Crippen LogP) is 1.12. The standard InChI is InChI=1S/C10H13N3O2S/c1-13(7-2-3-16-6-7)9-5-11-8(4-12-9)10(14)15/h4-5,7H,2-3,6H2,1H3,(H,14,15). The highest BCUT2D eigenvalue weighted by molar-refractivity contribution is 7.99. The van der Waals surface area contributed by atoms with Crippen LogP contribution in [0.15, 0.2) is 12.4 Å². The number of rotatable bonds is 3. The van der Waals surface area contributed by atoms with Crippen LogP contribution in [0.1, 0.15) is 16.9 Å². The molecular formula is C10H13N3O2S. The van der Waals surface area contributed by atoms with Crippen LogP contribution in [-0.4, -0.2) is 45.6 Å². The van der Waals surface area contributed by atoms with E-state index in [9.17, 15) is 4.79 Å². The van der Waals surface area contributed by atoms with E-state index in [1.165, 1.54) is 18.1 Å². The number of thioether (sulfide) groups is 1. The lowest BCUT2D eigenvalue weighted by molar-refractivity contribution is 0.0690. The molecule has 2 heterocycles. The number of hydrogen-bond acceptors (Lipinski definition) is 5. The highest BCUT2D eigenvalue weighted by atomic mass is 32.2. The zero-order valence-electron chi connectivity index (χ0n) is 8.96. The van der Waals surface area contributed by atoms with Crippen LogP contribution in [0, 0.1) is 0 Å². The van der Waals surface area contributed by atoms with Gasteiger partial charge < -0.3 is 10.0 Å². The normalized spacial score (nSPS) is 19.7.